The molecule has 3 aromatic rings. The lowest BCUT2D eigenvalue weighted by atomic mass is 9.89. The second-order valence-corrected chi connectivity index (χ2v) is 5.46. The number of rotatable bonds is 2. The molecular weight excluding hydrogens is 296 g/mol. The number of esters is 1. The van der Waals surface area contributed by atoms with Gasteiger partial charge in [0.15, 0.2) is 0 Å². The molecule has 0 radical (unpaired) electrons. The Bertz CT molecular complexity index is 924. The van der Waals surface area contributed by atoms with Crippen LogP contribution in [0.4, 0.5) is 5.69 Å². The zero-order chi connectivity index (χ0) is 16.0. The van der Waals surface area contributed by atoms with Crippen molar-refractivity contribution >= 4 is 28.5 Å². The zero-order valence-electron chi connectivity index (χ0n) is 12.3. The summed E-state index contributed by atoms with van der Waals surface area (Å²) in [5.41, 5.74) is 3.50. The maximum Gasteiger partial charge on any atom is 0.356 e. The van der Waals surface area contributed by atoms with Crippen molar-refractivity contribution in [2.75, 3.05) is 12.4 Å². The van der Waals surface area contributed by atoms with Gasteiger partial charge in [0.25, 0.3) is 0 Å². The Morgan fingerprint density at radius 1 is 1.35 bits per heavy atom. The molecule has 23 heavy (non-hydrogen) atoms. The van der Waals surface area contributed by atoms with Crippen molar-refractivity contribution in [3.8, 4) is 0 Å². The molecule has 1 aromatic carbocycles. The fourth-order valence-electron chi connectivity index (χ4n) is 3.13. The molecule has 0 saturated carbocycles. The van der Waals surface area contributed by atoms with E-state index >= 15 is 0 Å². The minimum atomic E-state index is -0.499. The number of carbonyl (C=O) groups is 2. The van der Waals surface area contributed by atoms with Gasteiger partial charge in [-0.2, -0.15) is 5.10 Å². The van der Waals surface area contributed by atoms with E-state index in [1.54, 1.807) is 6.20 Å². The predicted octanol–water partition coefficient (Wildman–Crippen LogP) is 2.15. The lowest BCUT2D eigenvalue weighted by Gasteiger charge is -2.22. The monoisotopic (exact) mass is 310 g/mol. The highest BCUT2D eigenvalue weighted by atomic mass is 16.5. The summed E-state index contributed by atoms with van der Waals surface area (Å²) in [6.07, 6.45) is 1.81. The molecule has 7 nitrogen and oxygen atoms in total. The molecule has 4 rings (SSSR count). The number of hydrogen-bond acceptors (Lipinski definition) is 4. The Morgan fingerprint density at radius 3 is 3.00 bits per heavy atom. The van der Waals surface area contributed by atoms with Crippen LogP contribution >= 0.6 is 0 Å². The summed E-state index contributed by atoms with van der Waals surface area (Å²) in [5.74, 6) is -0.871. The third-order valence-corrected chi connectivity index (χ3v) is 4.17. The van der Waals surface area contributed by atoms with Gasteiger partial charge < -0.3 is 15.0 Å². The predicted molar refractivity (Wildman–Crippen MR) is 83.3 cm³/mol. The second-order valence-electron chi connectivity index (χ2n) is 5.46. The SMILES string of the molecule is COC(=O)c1[nH]ncc1C1CC(=O)Nc2c1[nH]c1ccccc21. The van der Waals surface area contributed by atoms with E-state index in [4.69, 9.17) is 4.74 Å². The molecule has 0 bridgehead atoms. The number of H-pyrrole nitrogens is 2. The van der Waals surface area contributed by atoms with Crippen molar-refractivity contribution in [3.05, 3.63) is 47.4 Å². The van der Waals surface area contributed by atoms with Gasteiger partial charge in [0.05, 0.1) is 19.0 Å². The van der Waals surface area contributed by atoms with Crippen LogP contribution in [0.15, 0.2) is 30.5 Å². The zero-order valence-corrected chi connectivity index (χ0v) is 12.3. The smallest absolute Gasteiger partial charge is 0.356 e. The highest BCUT2D eigenvalue weighted by molar-refractivity contribution is 6.06. The van der Waals surface area contributed by atoms with Crippen LogP contribution in [0, 0.1) is 0 Å². The number of para-hydroxylation sites is 1. The van der Waals surface area contributed by atoms with Gasteiger partial charge in [-0.3, -0.25) is 9.89 Å². The van der Waals surface area contributed by atoms with E-state index in [-0.39, 0.29) is 23.9 Å². The summed E-state index contributed by atoms with van der Waals surface area (Å²) in [6.45, 7) is 0. The molecule has 0 spiro atoms. The number of nitrogens with zero attached hydrogens (tertiary/aromatic N) is 1. The van der Waals surface area contributed by atoms with Gasteiger partial charge in [-0.05, 0) is 6.07 Å². The molecule has 3 N–H and O–H groups in total. The number of hydrogen-bond donors (Lipinski definition) is 3. The van der Waals surface area contributed by atoms with Crippen LogP contribution < -0.4 is 5.32 Å². The van der Waals surface area contributed by atoms with Crippen molar-refractivity contribution in [3.63, 3.8) is 0 Å². The molecule has 1 atom stereocenters. The summed E-state index contributed by atoms with van der Waals surface area (Å²) in [5, 5.41) is 10.5. The lowest BCUT2D eigenvalue weighted by molar-refractivity contribution is -0.116. The topological polar surface area (TPSA) is 99.9 Å². The van der Waals surface area contributed by atoms with Crippen LogP contribution in [0.3, 0.4) is 0 Å². The van der Waals surface area contributed by atoms with E-state index in [0.717, 1.165) is 22.3 Å². The fraction of sp³-hybridized carbons (Fsp3) is 0.188. The normalized spacial score (nSPS) is 16.9. The first-order chi connectivity index (χ1) is 11.2. The number of aromatic amines is 2. The standard InChI is InChI=1S/C16H14N4O3/c1-23-16(22)15-10(7-17-20-15)9-6-12(21)19-13-8-4-2-3-5-11(8)18-14(9)13/h2-5,7,9,18H,6H2,1H3,(H,17,20)(H,19,21). The number of carbonyl (C=O) groups excluding carboxylic acids is 2. The van der Waals surface area contributed by atoms with Crippen molar-refractivity contribution in [1.82, 2.24) is 15.2 Å². The Hall–Kier alpha value is -3.09. The van der Waals surface area contributed by atoms with Gasteiger partial charge in [-0.25, -0.2) is 4.79 Å². The summed E-state index contributed by atoms with van der Waals surface area (Å²) in [4.78, 5) is 27.4. The van der Waals surface area contributed by atoms with E-state index in [1.165, 1.54) is 7.11 Å². The van der Waals surface area contributed by atoms with Crippen LogP contribution in [0.5, 0.6) is 0 Å². The number of aromatic nitrogens is 3. The van der Waals surface area contributed by atoms with Gasteiger partial charge in [0.2, 0.25) is 5.91 Å². The van der Waals surface area contributed by atoms with Crippen molar-refractivity contribution in [2.24, 2.45) is 0 Å². The summed E-state index contributed by atoms with van der Waals surface area (Å²) >= 11 is 0. The maximum atomic E-state index is 12.2. The summed E-state index contributed by atoms with van der Waals surface area (Å²) in [7, 11) is 1.31. The number of amides is 1. The van der Waals surface area contributed by atoms with Gasteiger partial charge in [0.1, 0.15) is 5.69 Å². The van der Waals surface area contributed by atoms with Crippen LogP contribution in [0.2, 0.25) is 0 Å². The molecule has 1 aliphatic rings. The van der Waals surface area contributed by atoms with Gasteiger partial charge in [0, 0.05) is 34.5 Å². The second kappa shape index (κ2) is 4.98. The number of ether oxygens (including phenoxy) is 1. The van der Waals surface area contributed by atoms with Crippen molar-refractivity contribution in [2.45, 2.75) is 12.3 Å². The number of methoxy groups -OCH3 is 1. The molecule has 116 valence electrons. The van der Waals surface area contributed by atoms with Gasteiger partial charge in [-0.15, -0.1) is 0 Å². The summed E-state index contributed by atoms with van der Waals surface area (Å²) in [6, 6.07) is 7.75. The van der Waals surface area contributed by atoms with Gasteiger partial charge in [-0.1, -0.05) is 18.2 Å². The average molecular weight is 310 g/mol. The molecule has 1 unspecified atom stereocenters. The highest BCUT2D eigenvalue weighted by Gasteiger charge is 2.33. The number of nitrogens with one attached hydrogen (secondary N) is 3. The van der Waals surface area contributed by atoms with E-state index in [9.17, 15) is 9.59 Å². The quantitative estimate of drug-likeness (QED) is 0.631. The minimum Gasteiger partial charge on any atom is -0.464 e. The summed E-state index contributed by atoms with van der Waals surface area (Å²) < 4.78 is 4.78. The Labute approximate surface area is 131 Å². The largest absolute Gasteiger partial charge is 0.464 e. The molecule has 2 aromatic heterocycles. The first-order valence-electron chi connectivity index (χ1n) is 7.21. The average Bonchev–Trinajstić information content (AvgIpc) is 3.18. The van der Waals surface area contributed by atoms with Gasteiger partial charge >= 0.3 is 5.97 Å². The molecule has 3 heterocycles. The van der Waals surface area contributed by atoms with E-state index in [1.807, 2.05) is 24.3 Å². The first kappa shape index (κ1) is 13.6. The van der Waals surface area contributed by atoms with Crippen molar-refractivity contribution in [1.29, 1.82) is 0 Å². The molecule has 1 amide bonds. The maximum absolute atomic E-state index is 12.2. The van der Waals surface area contributed by atoms with Crippen LogP contribution in [-0.4, -0.2) is 34.2 Å². The molecule has 1 aliphatic heterocycles. The number of anilines is 1. The van der Waals surface area contributed by atoms with Crippen LogP contribution in [0.1, 0.15) is 34.1 Å². The first-order valence-corrected chi connectivity index (χ1v) is 7.21. The molecule has 0 saturated heterocycles. The fourth-order valence-corrected chi connectivity index (χ4v) is 3.13. The number of benzene rings is 1. The Kier molecular flexibility index (Phi) is 2.94. The third kappa shape index (κ3) is 2.01. The molecule has 7 heteroatoms. The van der Waals surface area contributed by atoms with E-state index in [2.05, 4.69) is 20.5 Å². The Morgan fingerprint density at radius 2 is 2.17 bits per heavy atom. The van der Waals surface area contributed by atoms with E-state index in [0.29, 0.717) is 5.56 Å². The lowest BCUT2D eigenvalue weighted by Crippen LogP contribution is -2.24. The molecule has 0 aliphatic carbocycles. The third-order valence-electron chi connectivity index (χ3n) is 4.17. The number of fused-ring (bicyclic) bond motifs is 3. The Balaban J connectivity index is 1.90. The van der Waals surface area contributed by atoms with Crippen LogP contribution in [0.25, 0.3) is 10.9 Å². The van der Waals surface area contributed by atoms with E-state index < -0.39 is 5.97 Å². The van der Waals surface area contributed by atoms with Crippen LogP contribution in [-0.2, 0) is 9.53 Å². The van der Waals surface area contributed by atoms with Crippen molar-refractivity contribution < 1.29 is 14.3 Å². The highest BCUT2D eigenvalue weighted by Crippen LogP contribution is 2.41. The molecular formula is C16H14N4O3. The minimum absolute atomic E-state index is 0.0933. The molecule has 0 fully saturated rings.